The SMILES string of the molecule is Cc1cccc(-c2cc(O)c3cccnc3c2O)c1. The highest BCUT2D eigenvalue weighted by molar-refractivity contribution is 5.96. The van der Waals surface area contributed by atoms with Crippen molar-refractivity contribution < 1.29 is 10.2 Å². The van der Waals surface area contributed by atoms with Crippen molar-refractivity contribution in [2.24, 2.45) is 0 Å². The summed E-state index contributed by atoms with van der Waals surface area (Å²) in [5, 5.41) is 21.0. The molecule has 2 aromatic carbocycles. The van der Waals surface area contributed by atoms with Crippen molar-refractivity contribution in [3.05, 3.63) is 54.2 Å². The first-order chi connectivity index (χ1) is 9.16. The zero-order valence-electron chi connectivity index (χ0n) is 10.5. The van der Waals surface area contributed by atoms with Gasteiger partial charge in [-0.3, -0.25) is 4.98 Å². The molecule has 3 rings (SSSR count). The summed E-state index contributed by atoms with van der Waals surface area (Å²) in [6.07, 6.45) is 1.60. The molecule has 0 aliphatic carbocycles. The van der Waals surface area contributed by atoms with Gasteiger partial charge in [0.2, 0.25) is 0 Å². The normalized spacial score (nSPS) is 10.8. The minimum atomic E-state index is 0.0963. The van der Waals surface area contributed by atoms with Gasteiger partial charge in [0, 0.05) is 17.1 Å². The van der Waals surface area contributed by atoms with Crippen LogP contribution in [0.1, 0.15) is 5.56 Å². The Hall–Kier alpha value is -2.55. The molecule has 0 atom stereocenters. The van der Waals surface area contributed by atoms with E-state index in [0.29, 0.717) is 16.5 Å². The van der Waals surface area contributed by atoms with Crippen molar-refractivity contribution >= 4 is 10.9 Å². The lowest BCUT2D eigenvalue weighted by Crippen LogP contribution is -1.86. The number of nitrogens with zero attached hydrogens (tertiary/aromatic N) is 1. The molecule has 0 radical (unpaired) electrons. The number of aromatic nitrogens is 1. The van der Waals surface area contributed by atoms with E-state index in [9.17, 15) is 10.2 Å². The maximum Gasteiger partial charge on any atom is 0.149 e. The summed E-state index contributed by atoms with van der Waals surface area (Å²) in [4.78, 5) is 4.14. The molecular formula is C16H13NO2. The van der Waals surface area contributed by atoms with E-state index in [1.54, 1.807) is 24.4 Å². The molecule has 1 aromatic heterocycles. The molecule has 19 heavy (non-hydrogen) atoms. The Morgan fingerprint density at radius 3 is 2.63 bits per heavy atom. The molecule has 0 spiro atoms. The first kappa shape index (κ1) is 11.5. The number of hydrogen-bond donors (Lipinski definition) is 2. The van der Waals surface area contributed by atoms with Crippen LogP contribution in [0.3, 0.4) is 0 Å². The quantitative estimate of drug-likeness (QED) is 0.649. The van der Waals surface area contributed by atoms with E-state index < -0.39 is 0 Å². The Bertz CT molecular complexity index is 766. The van der Waals surface area contributed by atoms with Crippen LogP contribution in [0.15, 0.2) is 48.7 Å². The van der Waals surface area contributed by atoms with Crippen molar-refractivity contribution in [1.29, 1.82) is 0 Å². The van der Waals surface area contributed by atoms with Crippen molar-refractivity contribution in [3.63, 3.8) is 0 Å². The molecule has 0 unspecified atom stereocenters. The van der Waals surface area contributed by atoms with Gasteiger partial charge in [0.1, 0.15) is 17.0 Å². The fraction of sp³-hybridized carbons (Fsp3) is 0.0625. The van der Waals surface area contributed by atoms with Crippen LogP contribution in [0.2, 0.25) is 0 Å². The molecule has 3 aromatic rings. The van der Waals surface area contributed by atoms with Gasteiger partial charge in [-0.25, -0.2) is 0 Å². The molecule has 3 nitrogen and oxygen atoms in total. The lowest BCUT2D eigenvalue weighted by molar-refractivity contribution is 0.470. The summed E-state index contributed by atoms with van der Waals surface area (Å²) in [5.74, 6) is 0.219. The Balaban J connectivity index is 2.34. The Morgan fingerprint density at radius 2 is 1.84 bits per heavy atom. The van der Waals surface area contributed by atoms with Gasteiger partial charge in [0.15, 0.2) is 0 Å². The van der Waals surface area contributed by atoms with E-state index in [1.807, 2.05) is 31.2 Å². The minimum Gasteiger partial charge on any atom is -0.507 e. The summed E-state index contributed by atoms with van der Waals surface area (Å²) in [6, 6.07) is 12.8. The molecule has 0 aliphatic rings. The molecule has 0 bridgehead atoms. The summed E-state index contributed by atoms with van der Waals surface area (Å²) >= 11 is 0. The van der Waals surface area contributed by atoms with E-state index in [-0.39, 0.29) is 11.5 Å². The topological polar surface area (TPSA) is 53.4 Å². The molecule has 0 fully saturated rings. The van der Waals surface area contributed by atoms with Gasteiger partial charge < -0.3 is 10.2 Å². The van der Waals surface area contributed by atoms with Crippen molar-refractivity contribution in [3.8, 4) is 22.6 Å². The molecule has 2 N–H and O–H groups in total. The van der Waals surface area contributed by atoms with Gasteiger partial charge in [-0.15, -0.1) is 0 Å². The fourth-order valence-corrected chi connectivity index (χ4v) is 2.24. The number of phenols is 2. The average molecular weight is 251 g/mol. The molecule has 0 amide bonds. The molecule has 1 heterocycles. The number of aromatic hydroxyl groups is 2. The van der Waals surface area contributed by atoms with Crippen LogP contribution in [-0.4, -0.2) is 15.2 Å². The fourth-order valence-electron chi connectivity index (χ4n) is 2.24. The minimum absolute atomic E-state index is 0.0963. The predicted octanol–water partition coefficient (Wildman–Crippen LogP) is 3.62. The third kappa shape index (κ3) is 1.89. The van der Waals surface area contributed by atoms with E-state index in [2.05, 4.69) is 4.98 Å². The van der Waals surface area contributed by atoms with E-state index >= 15 is 0 Å². The molecule has 94 valence electrons. The van der Waals surface area contributed by atoms with Gasteiger partial charge in [-0.05, 0) is 30.7 Å². The zero-order valence-corrected chi connectivity index (χ0v) is 10.5. The summed E-state index contributed by atoms with van der Waals surface area (Å²) in [7, 11) is 0. The van der Waals surface area contributed by atoms with Gasteiger partial charge >= 0.3 is 0 Å². The first-order valence-corrected chi connectivity index (χ1v) is 6.03. The molecule has 0 saturated carbocycles. The maximum absolute atomic E-state index is 10.3. The summed E-state index contributed by atoms with van der Waals surface area (Å²) in [6.45, 7) is 1.99. The third-order valence-electron chi connectivity index (χ3n) is 3.17. The van der Waals surface area contributed by atoms with Crippen LogP contribution in [0, 0.1) is 6.92 Å². The van der Waals surface area contributed by atoms with Crippen molar-refractivity contribution in [2.45, 2.75) is 6.92 Å². The molecule has 3 heteroatoms. The van der Waals surface area contributed by atoms with Gasteiger partial charge in [0.25, 0.3) is 0 Å². The number of aryl methyl sites for hydroxylation is 1. The second-order valence-corrected chi connectivity index (χ2v) is 4.56. The second kappa shape index (κ2) is 4.28. The highest BCUT2D eigenvalue weighted by Gasteiger charge is 2.13. The van der Waals surface area contributed by atoms with Crippen LogP contribution in [-0.2, 0) is 0 Å². The lowest BCUT2D eigenvalue weighted by Gasteiger charge is -2.10. The zero-order chi connectivity index (χ0) is 13.4. The number of hydrogen-bond acceptors (Lipinski definition) is 3. The van der Waals surface area contributed by atoms with Crippen LogP contribution < -0.4 is 0 Å². The highest BCUT2D eigenvalue weighted by atomic mass is 16.3. The standard InChI is InChI=1S/C16H13NO2/c1-10-4-2-5-11(8-10)13-9-14(18)12-6-3-7-17-15(12)16(13)19/h2-9,18-19H,1H3. The van der Waals surface area contributed by atoms with Crippen molar-refractivity contribution in [2.75, 3.05) is 0 Å². The van der Waals surface area contributed by atoms with Crippen LogP contribution in [0.5, 0.6) is 11.5 Å². The lowest BCUT2D eigenvalue weighted by atomic mass is 10.00. The summed E-state index contributed by atoms with van der Waals surface area (Å²) in [5.41, 5.74) is 2.96. The van der Waals surface area contributed by atoms with Crippen LogP contribution >= 0.6 is 0 Å². The largest absolute Gasteiger partial charge is 0.507 e. The Labute approximate surface area is 110 Å². The molecule has 0 aliphatic heterocycles. The Morgan fingerprint density at radius 1 is 1.00 bits per heavy atom. The molecule has 0 saturated heterocycles. The van der Waals surface area contributed by atoms with E-state index in [4.69, 9.17) is 0 Å². The maximum atomic E-state index is 10.3. The predicted molar refractivity (Wildman–Crippen MR) is 75.2 cm³/mol. The average Bonchev–Trinajstić information content (AvgIpc) is 2.43. The smallest absolute Gasteiger partial charge is 0.149 e. The Kier molecular flexibility index (Phi) is 2.60. The second-order valence-electron chi connectivity index (χ2n) is 4.56. The van der Waals surface area contributed by atoms with Gasteiger partial charge in [-0.1, -0.05) is 29.8 Å². The summed E-state index contributed by atoms with van der Waals surface area (Å²) < 4.78 is 0. The third-order valence-corrected chi connectivity index (χ3v) is 3.17. The number of rotatable bonds is 1. The van der Waals surface area contributed by atoms with Crippen LogP contribution in [0.25, 0.3) is 22.0 Å². The molecular weight excluding hydrogens is 238 g/mol. The number of phenolic OH excluding ortho intramolecular Hbond substituents is 2. The monoisotopic (exact) mass is 251 g/mol. The number of benzene rings is 2. The van der Waals surface area contributed by atoms with E-state index in [1.165, 1.54) is 0 Å². The first-order valence-electron chi connectivity index (χ1n) is 6.03. The number of pyridine rings is 1. The van der Waals surface area contributed by atoms with Gasteiger partial charge in [-0.2, -0.15) is 0 Å². The van der Waals surface area contributed by atoms with Gasteiger partial charge in [0.05, 0.1) is 0 Å². The highest BCUT2D eigenvalue weighted by Crippen LogP contribution is 2.39. The van der Waals surface area contributed by atoms with Crippen LogP contribution in [0.4, 0.5) is 0 Å². The van der Waals surface area contributed by atoms with Crippen molar-refractivity contribution in [1.82, 2.24) is 4.98 Å². The number of fused-ring (bicyclic) bond motifs is 1. The van der Waals surface area contributed by atoms with E-state index in [0.717, 1.165) is 11.1 Å².